The number of nitro benzene ring substituents is 1. The molecular weight excluding hydrogens is 480 g/mol. The topological polar surface area (TPSA) is 136 Å². The molecule has 188 valence electrons. The summed E-state index contributed by atoms with van der Waals surface area (Å²) >= 11 is 0. The molecule has 1 heterocycles. The third-order valence-electron chi connectivity index (χ3n) is 5.88. The van der Waals surface area contributed by atoms with E-state index < -0.39 is 34.4 Å². The molecule has 1 N–H and O–H groups in total. The number of hydrogen-bond donors (Lipinski definition) is 1. The average molecular weight is 502 g/mol. The predicted octanol–water partition coefficient (Wildman–Crippen LogP) is 4.41. The highest BCUT2D eigenvalue weighted by Gasteiger charge is 2.47. The maximum atomic E-state index is 13.2. The quantitative estimate of drug-likeness (QED) is 0.125. The van der Waals surface area contributed by atoms with Crippen molar-refractivity contribution >= 4 is 34.8 Å². The number of aliphatic hydroxyl groups is 1. The van der Waals surface area contributed by atoms with Crippen LogP contribution in [0.3, 0.4) is 0 Å². The molecule has 0 bridgehead atoms. The fourth-order valence-electron chi connectivity index (χ4n) is 4.07. The van der Waals surface area contributed by atoms with E-state index in [9.17, 15) is 29.6 Å². The summed E-state index contributed by atoms with van der Waals surface area (Å²) in [6.45, 7) is 1.89. The molecular formula is C27H22N2O8. The number of amides is 1. The number of hydrogen-bond acceptors (Lipinski definition) is 8. The lowest BCUT2D eigenvalue weighted by Crippen LogP contribution is -2.29. The van der Waals surface area contributed by atoms with E-state index in [0.717, 1.165) is 0 Å². The molecule has 4 rings (SSSR count). The van der Waals surface area contributed by atoms with Gasteiger partial charge in [-0.1, -0.05) is 12.1 Å². The zero-order valence-electron chi connectivity index (χ0n) is 19.9. The Bertz CT molecular complexity index is 1390. The van der Waals surface area contributed by atoms with Crippen molar-refractivity contribution in [1.29, 1.82) is 0 Å². The number of carbonyl (C=O) groups is 3. The first-order valence-electron chi connectivity index (χ1n) is 11.2. The first kappa shape index (κ1) is 25.1. The maximum Gasteiger partial charge on any atom is 0.338 e. The highest BCUT2D eigenvalue weighted by Crippen LogP contribution is 2.42. The van der Waals surface area contributed by atoms with E-state index >= 15 is 0 Å². The van der Waals surface area contributed by atoms with Crippen LogP contribution >= 0.6 is 0 Å². The van der Waals surface area contributed by atoms with Gasteiger partial charge in [0, 0.05) is 23.4 Å². The molecule has 3 aromatic rings. The molecule has 1 fully saturated rings. The molecule has 0 saturated carbocycles. The summed E-state index contributed by atoms with van der Waals surface area (Å²) in [5.74, 6) is -2.25. The SMILES string of the molecule is CCOC(=O)c1ccc(N2C(=O)C(=O)/C(=C(\O)c3ccc([N+](=O)[O-])cc3)C2c2ccc(OC)cc2)cc1. The molecule has 0 aliphatic carbocycles. The van der Waals surface area contributed by atoms with Gasteiger partial charge in [-0.3, -0.25) is 24.6 Å². The zero-order chi connectivity index (χ0) is 26.7. The Morgan fingerprint density at radius 3 is 2.11 bits per heavy atom. The van der Waals surface area contributed by atoms with Crippen LogP contribution < -0.4 is 9.64 Å². The van der Waals surface area contributed by atoms with E-state index in [1.54, 1.807) is 31.2 Å². The number of rotatable bonds is 7. The van der Waals surface area contributed by atoms with Crippen LogP contribution in [0.2, 0.25) is 0 Å². The monoisotopic (exact) mass is 502 g/mol. The Hall–Kier alpha value is -4.99. The minimum atomic E-state index is -1.02. The molecule has 1 amide bonds. The van der Waals surface area contributed by atoms with Crippen molar-refractivity contribution < 1.29 is 33.9 Å². The third-order valence-corrected chi connectivity index (χ3v) is 5.88. The van der Waals surface area contributed by atoms with Crippen LogP contribution in [0.5, 0.6) is 5.75 Å². The maximum absolute atomic E-state index is 13.2. The number of carbonyl (C=O) groups excluding carboxylic acids is 3. The van der Waals surface area contributed by atoms with Gasteiger partial charge in [0.2, 0.25) is 0 Å². The Balaban J connectivity index is 1.85. The van der Waals surface area contributed by atoms with Gasteiger partial charge in [0.1, 0.15) is 11.5 Å². The van der Waals surface area contributed by atoms with Crippen molar-refractivity contribution in [1.82, 2.24) is 0 Å². The Labute approximate surface area is 211 Å². The molecule has 10 nitrogen and oxygen atoms in total. The first-order chi connectivity index (χ1) is 17.8. The summed E-state index contributed by atoms with van der Waals surface area (Å²) in [7, 11) is 1.50. The molecule has 1 aliphatic heterocycles. The van der Waals surface area contributed by atoms with E-state index in [1.165, 1.54) is 60.5 Å². The smallest absolute Gasteiger partial charge is 0.338 e. The summed E-state index contributed by atoms with van der Waals surface area (Å²) in [5, 5.41) is 22.1. The average Bonchev–Trinajstić information content (AvgIpc) is 3.18. The van der Waals surface area contributed by atoms with Crippen molar-refractivity contribution in [2.45, 2.75) is 13.0 Å². The van der Waals surface area contributed by atoms with Gasteiger partial charge in [-0.15, -0.1) is 0 Å². The van der Waals surface area contributed by atoms with Gasteiger partial charge in [-0.2, -0.15) is 0 Å². The van der Waals surface area contributed by atoms with Crippen LogP contribution in [0.1, 0.15) is 34.5 Å². The number of nitrogens with zero attached hydrogens (tertiary/aromatic N) is 2. The Morgan fingerprint density at radius 2 is 1.57 bits per heavy atom. The number of methoxy groups -OCH3 is 1. The molecule has 37 heavy (non-hydrogen) atoms. The Morgan fingerprint density at radius 1 is 0.973 bits per heavy atom. The lowest BCUT2D eigenvalue weighted by atomic mass is 9.95. The van der Waals surface area contributed by atoms with Crippen molar-refractivity contribution in [3.63, 3.8) is 0 Å². The molecule has 1 unspecified atom stereocenters. The fraction of sp³-hybridized carbons (Fsp3) is 0.148. The largest absolute Gasteiger partial charge is 0.507 e. The number of anilines is 1. The van der Waals surface area contributed by atoms with Gasteiger partial charge < -0.3 is 14.6 Å². The molecule has 1 saturated heterocycles. The number of ketones is 1. The molecule has 0 spiro atoms. The highest BCUT2D eigenvalue weighted by atomic mass is 16.6. The number of nitro groups is 1. The highest BCUT2D eigenvalue weighted by molar-refractivity contribution is 6.51. The summed E-state index contributed by atoms with van der Waals surface area (Å²) in [6.07, 6.45) is 0. The van der Waals surface area contributed by atoms with Gasteiger partial charge in [-0.25, -0.2) is 4.79 Å². The lowest BCUT2D eigenvalue weighted by Gasteiger charge is -2.25. The molecule has 3 aromatic carbocycles. The van der Waals surface area contributed by atoms with Crippen LogP contribution in [0, 0.1) is 10.1 Å². The van der Waals surface area contributed by atoms with Crippen molar-refractivity contribution in [2.75, 3.05) is 18.6 Å². The van der Waals surface area contributed by atoms with Crippen LogP contribution in [0.4, 0.5) is 11.4 Å². The van der Waals surface area contributed by atoms with Crippen LogP contribution in [-0.4, -0.2) is 41.4 Å². The summed E-state index contributed by atoms with van der Waals surface area (Å²) in [5.41, 5.74) is 0.870. The van der Waals surface area contributed by atoms with E-state index in [4.69, 9.17) is 9.47 Å². The van der Waals surface area contributed by atoms with E-state index in [-0.39, 0.29) is 29.0 Å². The molecule has 0 aromatic heterocycles. The van der Waals surface area contributed by atoms with E-state index in [0.29, 0.717) is 17.0 Å². The van der Waals surface area contributed by atoms with Crippen LogP contribution in [0.25, 0.3) is 5.76 Å². The Kier molecular flexibility index (Phi) is 7.01. The number of ether oxygens (including phenoxy) is 2. The number of benzene rings is 3. The second-order valence-electron chi connectivity index (χ2n) is 8.01. The third kappa shape index (κ3) is 4.76. The number of esters is 1. The first-order valence-corrected chi connectivity index (χ1v) is 11.2. The number of aliphatic hydroxyl groups excluding tert-OH is 1. The van der Waals surface area contributed by atoms with Crippen molar-refractivity contribution in [3.05, 3.63) is 105 Å². The van der Waals surface area contributed by atoms with Gasteiger partial charge in [0.05, 0.1) is 35.8 Å². The minimum Gasteiger partial charge on any atom is -0.507 e. The van der Waals surface area contributed by atoms with Crippen LogP contribution in [-0.2, 0) is 14.3 Å². The van der Waals surface area contributed by atoms with Crippen LogP contribution in [0.15, 0.2) is 78.4 Å². The summed E-state index contributed by atoms with van der Waals surface area (Å²) < 4.78 is 10.2. The zero-order valence-corrected chi connectivity index (χ0v) is 19.9. The second-order valence-corrected chi connectivity index (χ2v) is 8.01. The fourth-order valence-corrected chi connectivity index (χ4v) is 4.07. The van der Waals surface area contributed by atoms with E-state index in [2.05, 4.69) is 0 Å². The minimum absolute atomic E-state index is 0.139. The van der Waals surface area contributed by atoms with Crippen molar-refractivity contribution in [3.8, 4) is 5.75 Å². The molecule has 0 radical (unpaired) electrons. The molecule has 10 heteroatoms. The van der Waals surface area contributed by atoms with Gasteiger partial charge in [0.15, 0.2) is 0 Å². The molecule has 1 aliphatic rings. The van der Waals surface area contributed by atoms with Gasteiger partial charge in [-0.05, 0) is 61.0 Å². The van der Waals surface area contributed by atoms with E-state index in [1.807, 2.05) is 0 Å². The molecule has 1 atom stereocenters. The summed E-state index contributed by atoms with van der Waals surface area (Å²) in [4.78, 5) is 50.2. The summed E-state index contributed by atoms with van der Waals surface area (Å²) in [6, 6.07) is 16.6. The predicted molar refractivity (Wildman–Crippen MR) is 133 cm³/mol. The lowest BCUT2D eigenvalue weighted by molar-refractivity contribution is -0.384. The number of non-ortho nitro benzene ring substituents is 1. The van der Waals surface area contributed by atoms with Crippen molar-refractivity contribution in [2.24, 2.45) is 0 Å². The normalized spacial score (nSPS) is 16.5. The second kappa shape index (κ2) is 10.3. The number of Topliss-reactive ketones (excluding diaryl/α,β-unsaturated/α-hetero) is 1. The standard InChI is InChI=1S/C27H22N2O8/c1-3-37-27(33)18-6-10-19(11-7-18)28-23(16-8-14-21(36-2)15-9-16)22(25(31)26(28)32)24(30)17-4-12-20(13-5-17)29(34)35/h4-15,23,30H,3H2,1-2H3/b24-22-. The van der Waals surface area contributed by atoms with Gasteiger partial charge in [0.25, 0.3) is 17.4 Å². The van der Waals surface area contributed by atoms with Gasteiger partial charge >= 0.3 is 5.97 Å².